The van der Waals surface area contributed by atoms with Crippen molar-refractivity contribution in [2.24, 2.45) is 5.73 Å². The summed E-state index contributed by atoms with van der Waals surface area (Å²) in [6, 6.07) is 11.0. The molecule has 0 aliphatic rings. The summed E-state index contributed by atoms with van der Waals surface area (Å²) in [4.78, 5) is 11.1. The number of benzene rings is 1. The van der Waals surface area contributed by atoms with Crippen molar-refractivity contribution < 1.29 is 9.21 Å². The van der Waals surface area contributed by atoms with Gasteiger partial charge in [0.1, 0.15) is 11.5 Å². The Bertz CT molecular complexity index is 566. The molecule has 1 amide bonds. The molecule has 0 radical (unpaired) electrons. The van der Waals surface area contributed by atoms with E-state index in [0.29, 0.717) is 12.1 Å². The summed E-state index contributed by atoms with van der Waals surface area (Å²) in [6.07, 6.45) is 2.04. The van der Waals surface area contributed by atoms with E-state index in [4.69, 9.17) is 10.2 Å². The second-order valence-electron chi connectivity index (χ2n) is 4.10. The number of furan rings is 1. The number of rotatable bonds is 6. The number of thioether (sulfide) groups is 1. The molecule has 1 heterocycles. The van der Waals surface area contributed by atoms with Crippen LogP contribution in [0.2, 0.25) is 0 Å². The third kappa shape index (κ3) is 3.79. The highest BCUT2D eigenvalue weighted by molar-refractivity contribution is 7.97. The molecular weight excluding hydrogens is 260 g/mol. The van der Waals surface area contributed by atoms with Crippen LogP contribution in [0.15, 0.2) is 40.8 Å². The third-order valence-corrected chi connectivity index (χ3v) is 3.19. The highest BCUT2D eigenvalue weighted by Crippen LogP contribution is 2.16. The van der Waals surface area contributed by atoms with Gasteiger partial charge in [-0.3, -0.25) is 4.79 Å². The SMILES string of the molecule is CSCc1ccc(CNc2cccc(C(N)=O)c2)o1. The molecule has 0 saturated heterocycles. The third-order valence-electron chi connectivity index (χ3n) is 2.62. The van der Waals surface area contributed by atoms with E-state index in [-0.39, 0.29) is 0 Å². The fraction of sp³-hybridized carbons (Fsp3) is 0.214. The van der Waals surface area contributed by atoms with Crippen molar-refractivity contribution in [3.63, 3.8) is 0 Å². The van der Waals surface area contributed by atoms with E-state index in [9.17, 15) is 4.79 Å². The standard InChI is InChI=1S/C14H16N2O2S/c1-19-9-13-6-5-12(18-13)8-16-11-4-2-3-10(7-11)14(15)17/h2-7,16H,8-9H2,1H3,(H2,15,17). The van der Waals surface area contributed by atoms with E-state index >= 15 is 0 Å². The van der Waals surface area contributed by atoms with E-state index in [1.807, 2.05) is 24.5 Å². The van der Waals surface area contributed by atoms with Crippen molar-refractivity contribution in [3.8, 4) is 0 Å². The monoisotopic (exact) mass is 276 g/mol. The maximum Gasteiger partial charge on any atom is 0.248 e. The topological polar surface area (TPSA) is 68.3 Å². The summed E-state index contributed by atoms with van der Waals surface area (Å²) in [5, 5.41) is 3.20. The van der Waals surface area contributed by atoms with Gasteiger partial charge < -0.3 is 15.5 Å². The van der Waals surface area contributed by atoms with Crippen LogP contribution in [0, 0.1) is 0 Å². The Morgan fingerprint density at radius 3 is 2.84 bits per heavy atom. The first-order chi connectivity index (χ1) is 9.19. The molecule has 2 aromatic rings. The van der Waals surface area contributed by atoms with Gasteiger partial charge in [-0.25, -0.2) is 0 Å². The smallest absolute Gasteiger partial charge is 0.248 e. The molecule has 2 rings (SSSR count). The van der Waals surface area contributed by atoms with Gasteiger partial charge in [0.05, 0.1) is 12.3 Å². The van der Waals surface area contributed by atoms with E-state index in [1.54, 1.807) is 30.0 Å². The van der Waals surface area contributed by atoms with Gasteiger partial charge in [-0.1, -0.05) is 6.07 Å². The summed E-state index contributed by atoms with van der Waals surface area (Å²) in [6.45, 7) is 0.580. The molecule has 3 N–H and O–H groups in total. The molecule has 1 aromatic carbocycles. The molecular formula is C14H16N2O2S. The van der Waals surface area contributed by atoms with Gasteiger partial charge in [0.25, 0.3) is 0 Å². The van der Waals surface area contributed by atoms with E-state index in [2.05, 4.69) is 5.32 Å². The minimum Gasteiger partial charge on any atom is -0.463 e. The van der Waals surface area contributed by atoms with Crippen LogP contribution in [-0.4, -0.2) is 12.2 Å². The lowest BCUT2D eigenvalue weighted by Gasteiger charge is -2.05. The molecule has 0 aliphatic heterocycles. The maximum atomic E-state index is 11.1. The van der Waals surface area contributed by atoms with Crippen molar-refractivity contribution in [3.05, 3.63) is 53.5 Å². The van der Waals surface area contributed by atoms with E-state index in [1.165, 1.54) is 0 Å². The molecule has 0 fully saturated rings. The van der Waals surface area contributed by atoms with Crippen molar-refractivity contribution in [2.75, 3.05) is 11.6 Å². The summed E-state index contributed by atoms with van der Waals surface area (Å²) < 4.78 is 5.65. The Morgan fingerprint density at radius 2 is 2.11 bits per heavy atom. The van der Waals surface area contributed by atoms with Gasteiger partial charge in [0.2, 0.25) is 5.91 Å². The average Bonchev–Trinajstić information content (AvgIpc) is 2.85. The predicted octanol–water partition coefficient (Wildman–Crippen LogP) is 2.85. The van der Waals surface area contributed by atoms with Gasteiger partial charge in [0.15, 0.2) is 0 Å². The van der Waals surface area contributed by atoms with Gasteiger partial charge in [-0.2, -0.15) is 11.8 Å². The zero-order chi connectivity index (χ0) is 13.7. The molecule has 0 atom stereocenters. The minimum atomic E-state index is -0.427. The highest BCUT2D eigenvalue weighted by atomic mass is 32.2. The van der Waals surface area contributed by atoms with Crippen molar-refractivity contribution in [2.45, 2.75) is 12.3 Å². The fourth-order valence-corrected chi connectivity index (χ4v) is 2.15. The number of primary amides is 1. The van der Waals surface area contributed by atoms with Crippen LogP contribution < -0.4 is 11.1 Å². The number of anilines is 1. The quantitative estimate of drug-likeness (QED) is 0.851. The second kappa shape index (κ2) is 6.33. The highest BCUT2D eigenvalue weighted by Gasteiger charge is 2.03. The fourth-order valence-electron chi connectivity index (χ4n) is 1.71. The van der Waals surface area contributed by atoms with Crippen molar-refractivity contribution >= 4 is 23.4 Å². The zero-order valence-corrected chi connectivity index (χ0v) is 11.5. The first-order valence-electron chi connectivity index (χ1n) is 5.89. The first-order valence-corrected chi connectivity index (χ1v) is 7.28. The van der Waals surface area contributed by atoms with Crippen molar-refractivity contribution in [1.29, 1.82) is 0 Å². The molecule has 100 valence electrons. The number of nitrogens with two attached hydrogens (primary N) is 1. The normalized spacial score (nSPS) is 10.4. The molecule has 0 aliphatic carbocycles. The largest absolute Gasteiger partial charge is 0.463 e. The molecule has 19 heavy (non-hydrogen) atoms. The Morgan fingerprint density at radius 1 is 1.32 bits per heavy atom. The van der Waals surface area contributed by atoms with Gasteiger partial charge >= 0.3 is 0 Å². The van der Waals surface area contributed by atoms with Crippen LogP contribution in [0.5, 0.6) is 0 Å². The predicted molar refractivity (Wildman–Crippen MR) is 78.2 cm³/mol. The minimum absolute atomic E-state index is 0.427. The number of hydrogen-bond acceptors (Lipinski definition) is 4. The molecule has 0 saturated carbocycles. The number of nitrogens with one attached hydrogen (secondary N) is 1. The Kier molecular flexibility index (Phi) is 4.52. The molecule has 1 aromatic heterocycles. The molecule has 4 nitrogen and oxygen atoms in total. The van der Waals surface area contributed by atoms with Gasteiger partial charge in [-0.05, 0) is 36.6 Å². The van der Waals surface area contributed by atoms with Crippen LogP contribution in [0.25, 0.3) is 0 Å². The summed E-state index contributed by atoms with van der Waals surface area (Å²) in [5.41, 5.74) is 6.58. The van der Waals surface area contributed by atoms with Crippen LogP contribution in [0.3, 0.4) is 0 Å². The number of amides is 1. The summed E-state index contributed by atoms with van der Waals surface area (Å²) >= 11 is 1.72. The van der Waals surface area contributed by atoms with Gasteiger partial charge in [0, 0.05) is 11.3 Å². The van der Waals surface area contributed by atoms with Crippen LogP contribution in [0.4, 0.5) is 5.69 Å². The molecule has 5 heteroatoms. The number of hydrogen-bond donors (Lipinski definition) is 2. The average molecular weight is 276 g/mol. The number of carbonyl (C=O) groups is 1. The summed E-state index contributed by atoms with van der Waals surface area (Å²) in [7, 11) is 0. The molecule has 0 bridgehead atoms. The molecule has 0 spiro atoms. The lowest BCUT2D eigenvalue weighted by molar-refractivity contribution is 0.100. The first kappa shape index (κ1) is 13.5. The zero-order valence-electron chi connectivity index (χ0n) is 10.7. The Labute approximate surface area is 116 Å². The molecule has 0 unspecified atom stereocenters. The van der Waals surface area contributed by atoms with Crippen LogP contribution in [-0.2, 0) is 12.3 Å². The lowest BCUT2D eigenvalue weighted by atomic mass is 10.2. The number of carbonyl (C=O) groups excluding carboxylic acids is 1. The van der Waals surface area contributed by atoms with Crippen molar-refractivity contribution in [1.82, 2.24) is 0 Å². The van der Waals surface area contributed by atoms with E-state index in [0.717, 1.165) is 23.0 Å². The Hall–Kier alpha value is -1.88. The maximum absolute atomic E-state index is 11.1. The Balaban J connectivity index is 1.97. The van der Waals surface area contributed by atoms with E-state index < -0.39 is 5.91 Å². The van der Waals surface area contributed by atoms with Crippen LogP contribution >= 0.6 is 11.8 Å². The summed E-state index contributed by atoms with van der Waals surface area (Å²) in [5.74, 6) is 2.28. The van der Waals surface area contributed by atoms with Gasteiger partial charge in [-0.15, -0.1) is 0 Å². The van der Waals surface area contributed by atoms with Crippen LogP contribution in [0.1, 0.15) is 21.9 Å². The second-order valence-corrected chi connectivity index (χ2v) is 4.97. The lowest BCUT2D eigenvalue weighted by Crippen LogP contribution is -2.11.